The highest BCUT2D eigenvalue weighted by molar-refractivity contribution is 5.97. The van der Waals surface area contributed by atoms with Crippen LogP contribution in [-0.4, -0.2) is 84.4 Å². The summed E-state index contributed by atoms with van der Waals surface area (Å²) in [7, 11) is 3.95. The summed E-state index contributed by atoms with van der Waals surface area (Å²) in [4.78, 5) is 27.0. The van der Waals surface area contributed by atoms with E-state index < -0.39 is 0 Å². The number of hydrogen-bond acceptors (Lipinski definition) is 7. The Kier molecular flexibility index (Phi) is 9.34. The van der Waals surface area contributed by atoms with Crippen molar-refractivity contribution in [3.63, 3.8) is 0 Å². The Balaban J connectivity index is 1.20. The Hall–Kier alpha value is -3.43. The van der Waals surface area contributed by atoms with E-state index in [1.165, 1.54) is 0 Å². The van der Waals surface area contributed by atoms with E-state index in [2.05, 4.69) is 67.3 Å². The van der Waals surface area contributed by atoms with Gasteiger partial charge in [0.1, 0.15) is 5.82 Å². The number of morpholine rings is 1. The number of nitrogens with zero attached hydrogens (tertiary/aromatic N) is 5. The van der Waals surface area contributed by atoms with Crippen LogP contribution < -0.4 is 15.5 Å². The molecule has 2 aliphatic rings. The molecule has 9 nitrogen and oxygen atoms in total. The summed E-state index contributed by atoms with van der Waals surface area (Å²) in [5, 5.41) is 6.83. The summed E-state index contributed by atoms with van der Waals surface area (Å²) in [6.07, 6.45) is 6.63. The van der Waals surface area contributed by atoms with Crippen LogP contribution in [0.2, 0.25) is 0 Å². The molecule has 40 heavy (non-hydrogen) atoms. The number of carbonyl (C=O) groups is 1. The van der Waals surface area contributed by atoms with Gasteiger partial charge >= 0.3 is 0 Å². The summed E-state index contributed by atoms with van der Waals surface area (Å²) in [6.45, 7) is 7.63. The third-order valence-corrected chi connectivity index (χ3v) is 8.14. The normalized spacial score (nSPS) is 19.8. The summed E-state index contributed by atoms with van der Waals surface area (Å²) >= 11 is 0. The van der Waals surface area contributed by atoms with Crippen molar-refractivity contribution in [1.29, 1.82) is 0 Å². The average molecular weight is 546 g/mol. The van der Waals surface area contributed by atoms with Gasteiger partial charge in [0.2, 0.25) is 5.95 Å². The van der Waals surface area contributed by atoms with Crippen LogP contribution in [0.4, 0.5) is 11.8 Å². The van der Waals surface area contributed by atoms with Gasteiger partial charge in [0.25, 0.3) is 5.91 Å². The second-order valence-electron chi connectivity index (χ2n) is 11.2. The molecule has 1 aromatic carbocycles. The number of benzene rings is 1. The van der Waals surface area contributed by atoms with Gasteiger partial charge < -0.3 is 24.8 Å². The molecule has 3 heterocycles. The highest BCUT2D eigenvalue weighted by atomic mass is 16.5. The molecule has 0 bridgehead atoms. The van der Waals surface area contributed by atoms with Crippen LogP contribution in [0.5, 0.6) is 0 Å². The predicted molar refractivity (Wildman–Crippen MR) is 160 cm³/mol. The molecule has 1 saturated carbocycles. The maximum absolute atomic E-state index is 13.5. The predicted octanol–water partition coefficient (Wildman–Crippen LogP) is 4.19. The number of anilines is 2. The molecule has 1 saturated heterocycles. The van der Waals surface area contributed by atoms with Gasteiger partial charge in [-0.2, -0.15) is 4.98 Å². The largest absolute Gasteiger partial charge is 0.379 e. The molecule has 0 spiro atoms. The van der Waals surface area contributed by atoms with Crippen LogP contribution in [0.25, 0.3) is 11.3 Å². The van der Waals surface area contributed by atoms with Crippen molar-refractivity contribution < 1.29 is 9.53 Å². The molecule has 2 fully saturated rings. The van der Waals surface area contributed by atoms with Crippen molar-refractivity contribution >= 4 is 17.7 Å². The number of hydrogen-bond donors (Lipinski definition) is 2. The maximum atomic E-state index is 13.5. The van der Waals surface area contributed by atoms with Crippen molar-refractivity contribution in [3.05, 3.63) is 59.9 Å². The molecule has 0 atom stereocenters. The second kappa shape index (κ2) is 13.3. The fourth-order valence-electron chi connectivity index (χ4n) is 5.78. The van der Waals surface area contributed by atoms with Crippen molar-refractivity contribution in [2.45, 2.75) is 57.7 Å². The first-order valence-corrected chi connectivity index (χ1v) is 14.6. The lowest BCUT2D eigenvalue weighted by Crippen LogP contribution is -2.40. The van der Waals surface area contributed by atoms with Gasteiger partial charge in [-0.3, -0.25) is 9.69 Å². The first-order chi connectivity index (χ1) is 19.5. The van der Waals surface area contributed by atoms with Crippen molar-refractivity contribution in [3.8, 4) is 11.3 Å². The summed E-state index contributed by atoms with van der Waals surface area (Å²) in [5.74, 6) is 1.58. The van der Waals surface area contributed by atoms with Gasteiger partial charge in [0.15, 0.2) is 0 Å². The average Bonchev–Trinajstić information content (AvgIpc) is 3.31. The number of aromatic nitrogens is 3. The van der Waals surface area contributed by atoms with Gasteiger partial charge in [0, 0.05) is 69.9 Å². The molecule has 214 valence electrons. The molecule has 1 aliphatic carbocycles. The molecule has 0 unspecified atom stereocenters. The number of nitrogens with one attached hydrogen (secondary N) is 2. The minimum absolute atomic E-state index is 0.0278. The van der Waals surface area contributed by atoms with Crippen molar-refractivity contribution in [2.24, 2.45) is 0 Å². The summed E-state index contributed by atoms with van der Waals surface area (Å²) < 4.78 is 7.82. The van der Waals surface area contributed by atoms with Crippen LogP contribution in [0.1, 0.15) is 48.2 Å². The van der Waals surface area contributed by atoms with Crippen molar-refractivity contribution in [2.75, 3.05) is 57.2 Å². The molecule has 1 aliphatic heterocycles. The second-order valence-corrected chi connectivity index (χ2v) is 11.2. The van der Waals surface area contributed by atoms with E-state index in [0.717, 1.165) is 99.8 Å². The molecule has 5 rings (SSSR count). The lowest BCUT2D eigenvalue weighted by molar-refractivity contribution is 0.0369. The number of carbonyl (C=O) groups excluding carboxylic acids is 1. The Morgan fingerprint density at radius 1 is 1.02 bits per heavy atom. The Labute approximate surface area is 237 Å². The highest BCUT2D eigenvalue weighted by Gasteiger charge is 2.25. The standard InChI is InChI=1S/C31H43N7O2/c1-23-27(22-28(24-8-5-4-6-9-24)38(23)17-7-16-37-18-20-40-21-19-37)30(39)33-25-10-12-26(13-11-25)34-31-32-15-14-29(35-31)36(2)3/h4-6,8-9,14-15,22,25-26H,7,10-13,16-21H2,1-3H3,(H,33,39)(H,32,34,35)/t25-,26+. The van der Waals surface area contributed by atoms with Gasteiger partial charge in [-0.25, -0.2) is 4.98 Å². The van der Waals surface area contributed by atoms with Gasteiger partial charge in [-0.1, -0.05) is 30.3 Å². The fraction of sp³-hybridized carbons (Fsp3) is 0.516. The Bertz CT molecular complexity index is 1250. The van der Waals surface area contributed by atoms with E-state index in [9.17, 15) is 4.79 Å². The number of rotatable bonds is 10. The molecule has 2 N–H and O–H groups in total. The van der Waals surface area contributed by atoms with E-state index in [1.807, 2.05) is 31.1 Å². The van der Waals surface area contributed by atoms with E-state index in [1.54, 1.807) is 6.20 Å². The number of amides is 1. The monoisotopic (exact) mass is 545 g/mol. The zero-order valence-electron chi connectivity index (χ0n) is 24.1. The third-order valence-electron chi connectivity index (χ3n) is 8.14. The SMILES string of the molecule is Cc1c(C(=O)N[C@H]2CC[C@@H](Nc3nccc(N(C)C)n3)CC2)cc(-c2ccccc2)n1CCCN1CCOCC1. The third kappa shape index (κ3) is 7.01. The molecule has 0 radical (unpaired) electrons. The van der Waals surface area contributed by atoms with E-state index >= 15 is 0 Å². The van der Waals surface area contributed by atoms with E-state index in [0.29, 0.717) is 12.0 Å². The fourth-order valence-corrected chi connectivity index (χ4v) is 5.78. The van der Waals surface area contributed by atoms with E-state index in [-0.39, 0.29) is 11.9 Å². The minimum atomic E-state index is 0.0278. The van der Waals surface area contributed by atoms with Crippen LogP contribution in [0, 0.1) is 6.92 Å². The van der Waals surface area contributed by atoms with Crippen LogP contribution in [-0.2, 0) is 11.3 Å². The lowest BCUT2D eigenvalue weighted by atomic mass is 9.91. The van der Waals surface area contributed by atoms with Crippen LogP contribution in [0.15, 0.2) is 48.7 Å². The molecule has 9 heteroatoms. The topological polar surface area (TPSA) is 87.6 Å². The molecule has 3 aromatic rings. The quantitative estimate of drug-likeness (QED) is 0.395. The van der Waals surface area contributed by atoms with Gasteiger partial charge in [-0.15, -0.1) is 0 Å². The van der Waals surface area contributed by atoms with Crippen LogP contribution >= 0.6 is 0 Å². The zero-order chi connectivity index (χ0) is 27.9. The van der Waals surface area contributed by atoms with Gasteiger partial charge in [-0.05, 0) is 56.7 Å². The van der Waals surface area contributed by atoms with Gasteiger partial charge in [0.05, 0.1) is 18.8 Å². The molecular weight excluding hydrogens is 502 g/mol. The minimum Gasteiger partial charge on any atom is -0.379 e. The molecular formula is C31H43N7O2. The Morgan fingerprint density at radius 2 is 1.75 bits per heavy atom. The highest BCUT2D eigenvalue weighted by Crippen LogP contribution is 2.28. The lowest BCUT2D eigenvalue weighted by Gasteiger charge is -2.29. The summed E-state index contributed by atoms with van der Waals surface area (Å²) in [6, 6.07) is 14.9. The van der Waals surface area contributed by atoms with E-state index in [4.69, 9.17) is 4.74 Å². The Morgan fingerprint density at radius 3 is 2.48 bits per heavy atom. The first kappa shape index (κ1) is 28.1. The smallest absolute Gasteiger partial charge is 0.253 e. The number of ether oxygens (including phenoxy) is 1. The maximum Gasteiger partial charge on any atom is 0.253 e. The van der Waals surface area contributed by atoms with Crippen LogP contribution in [0.3, 0.4) is 0 Å². The molecule has 2 aromatic heterocycles. The molecule has 1 amide bonds. The summed E-state index contributed by atoms with van der Waals surface area (Å²) in [5.41, 5.74) is 4.06. The zero-order valence-corrected chi connectivity index (χ0v) is 24.1. The first-order valence-electron chi connectivity index (χ1n) is 14.6. The van der Waals surface area contributed by atoms with Crippen molar-refractivity contribution in [1.82, 2.24) is 24.8 Å².